The average molecular weight is 454 g/mol. The van der Waals surface area contributed by atoms with Crippen LogP contribution in [0.1, 0.15) is 16.7 Å². The van der Waals surface area contributed by atoms with Crippen molar-refractivity contribution in [3.8, 4) is 17.1 Å². The van der Waals surface area contributed by atoms with Crippen molar-refractivity contribution in [1.29, 1.82) is 0 Å². The fourth-order valence-electron chi connectivity index (χ4n) is 2.27. The van der Waals surface area contributed by atoms with Crippen molar-refractivity contribution in [2.24, 2.45) is 0 Å². The number of hydrogen-bond acceptors (Lipinski definition) is 3. The van der Waals surface area contributed by atoms with Crippen LogP contribution in [0.2, 0.25) is 0 Å². The molecule has 0 saturated carbocycles. The molecule has 1 aromatic heterocycles. The molecular weight excluding hydrogens is 443 g/mol. The summed E-state index contributed by atoms with van der Waals surface area (Å²) in [5, 5.41) is 0. The molecular formula is C19H11F9N2O. The third-order valence-corrected chi connectivity index (χ3v) is 3.70. The van der Waals surface area contributed by atoms with Crippen LogP contribution < -0.4 is 4.94 Å². The second-order valence-corrected chi connectivity index (χ2v) is 5.97. The van der Waals surface area contributed by atoms with Gasteiger partial charge in [-0.2, -0.15) is 13.2 Å². The zero-order valence-corrected chi connectivity index (χ0v) is 15.4. The molecule has 12 heteroatoms. The predicted octanol–water partition coefficient (Wildman–Crippen LogP) is 6.45. The summed E-state index contributed by atoms with van der Waals surface area (Å²) in [6.45, 7) is 0.629. The van der Waals surface area contributed by atoms with Crippen molar-refractivity contribution >= 4 is 0 Å². The summed E-state index contributed by atoms with van der Waals surface area (Å²) in [7, 11) is 0. The van der Waals surface area contributed by atoms with Gasteiger partial charge in [-0.25, -0.2) is 31.9 Å². The van der Waals surface area contributed by atoms with Gasteiger partial charge in [0.1, 0.15) is 35.5 Å². The molecule has 3 aromatic rings. The van der Waals surface area contributed by atoms with Gasteiger partial charge in [-0.3, -0.25) is 4.94 Å². The highest BCUT2D eigenvalue weighted by atomic mass is 19.4. The zero-order valence-electron chi connectivity index (χ0n) is 15.4. The molecule has 166 valence electrons. The van der Waals surface area contributed by atoms with Gasteiger partial charge in [0.05, 0.1) is 5.56 Å². The Morgan fingerprint density at radius 2 is 1.32 bits per heavy atom. The molecule has 0 unspecified atom stereocenters. The summed E-state index contributed by atoms with van der Waals surface area (Å²) in [6, 6.07) is 2.27. The fourth-order valence-corrected chi connectivity index (χ4v) is 2.27. The average Bonchev–Trinajstić information content (AvgIpc) is 2.67. The van der Waals surface area contributed by atoms with Crippen LogP contribution in [0.4, 0.5) is 39.6 Å². The second-order valence-electron chi connectivity index (χ2n) is 5.97. The van der Waals surface area contributed by atoms with E-state index in [1.807, 2.05) is 0 Å². The Morgan fingerprint density at radius 3 is 1.71 bits per heavy atom. The number of aryl methyl sites for hydroxylation is 1. The maximum absolute atomic E-state index is 13.3. The lowest BCUT2D eigenvalue weighted by Crippen LogP contribution is -2.11. The smallest absolute Gasteiger partial charge is 0.294 e. The summed E-state index contributed by atoms with van der Waals surface area (Å²) >= 11 is 0. The zero-order chi connectivity index (χ0) is 23.3. The Hall–Kier alpha value is -3.31. The molecule has 0 N–H and O–H groups in total. The summed E-state index contributed by atoms with van der Waals surface area (Å²) in [5.74, 6) is -6.46. The van der Waals surface area contributed by atoms with Crippen LogP contribution in [0.3, 0.4) is 0 Å². The number of benzene rings is 2. The van der Waals surface area contributed by atoms with E-state index in [2.05, 4.69) is 14.9 Å². The van der Waals surface area contributed by atoms with Crippen LogP contribution in [0, 0.1) is 30.2 Å². The molecule has 2 aromatic carbocycles. The number of rotatable bonds is 3. The van der Waals surface area contributed by atoms with Crippen LogP contribution in [-0.2, 0) is 12.9 Å². The van der Waals surface area contributed by atoms with Gasteiger partial charge in [0, 0.05) is 34.6 Å². The van der Waals surface area contributed by atoms with Crippen molar-refractivity contribution in [3.05, 3.63) is 76.6 Å². The number of halogens is 9. The molecule has 31 heavy (non-hydrogen) atoms. The largest absolute Gasteiger partial charge is 0.422 e. The van der Waals surface area contributed by atoms with Gasteiger partial charge in [0.15, 0.2) is 11.6 Å². The minimum Gasteiger partial charge on any atom is -0.294 e. The highest BCUT2D eigenvalue weighted by Gasteiger charge is 2.38. The maximum atomic E-state index is 13.3. The molecule has 0 saturated heterocycles. The summed E-state index contributed by atoms with van der Waals surface area (Å²) in [6.07, 6.45) is -2.08. The lowest BCUT2D eigenvalue weighted by molar-refractivity contribution is -0.142. The maximum Gasteiger partial charge on any atom is 0.422 e. The van der Waals surface area contributed by atoms with E-state index in [-0.39, 0.29) is 23.5 Å². The topological polar surface area (TPSA) is 35.0 Å². The molecule has 0 radical (unpaired) electrons. The molecule has 3 nitrogen and oxygen atoms in total. The van der Waals surface area contributed by atoms with Crippen molar-refractivity contribution in [1.82, 2.24) is 9.97 Å². The quantitative estimate of drug-likeness (QED) is 0.427. The Kier molecular flexibility index (Phi) is 7.47. The van der Waals surface area contributed by atoms with E-state index in [9.17, 15) is 39.6 Å². The number of aromatic nitrogens is 2. The van der Waals surface area contributed by atoms with Gasteiger partial charge >= 0.3 is 6.18 Å². The molecule has 0 aliphatic carbocycles. The molecule has 3 rings (SSSR count). The Morgan fingerprint density at radius 1 is 0.839 bits per heavy atom. The standard InChI is InChI=1S/C12H9F3N2.C7H2F6O/c1-7-5-16-12(17-6-7)8-2-10(14)9(4-13)11(15)3-8;8-4-1-3(14-13)2-5(9)6(4)7(10,11)12/h2-3,5-6H,4H2,1H3;1-2H. The van der Waals surface area contributed by atoms with E-state index in [4.69, 9.17) is 0 Å². The van der Waals surface area contributed by atoms with E-state index in [0.717, 1.165) is 17.7 Å². The van der Waals surface area contributed by atoms with Crippen LogP contribution in [-0.4, -0.2) is 9.97 Å². The Labute approximate surface area is 169 Å². The normalized spacial score (nSPS) is 11.0. The first-order valence-corrected chi connectivity index (χ1v) is 8.15. The fraction of sp³-hybridized carbons (Fsp3) is 0.158. The molecule has 0 amide bonds. The van der Waals surface area contributed by atoms with E-state index in [0.29, 0.717) is 0 Å². The molecule has 0 spiro atoms. The second kappa shape index (κ2) is 9.67. The van der Waals surface area contributed by atoms with Crippen molar-refractivity contribution in [3.63, 3.8) is 0 Å². The summed E-state index contributed by atoms with van der Waals surface area (Å²) in [4.78, 5) is 10.8. The minimum absolute atomic E-state index is 0.103. The monoisotopic (exact) mass is 454 g/mol. The molecule has 0 bridgehead atoms. The van der Waals surface area contributed by atoms with E-state index < -0.39 is 53.0 Å². The summed E-state index contributed by atoms with van der Waals surface area (Å²) < 4.78 is 111. The van der Waals surface area contributed by atoms with Gasteiger partial charge in [-0.1, -0.05) is 0 Å². The van der Waals surface area contributed by atoms with Gasteiger partial charge in [-0.05, 0) is 24.6 Å². The van der Waals surface area contributed by atoms with Gasteiger partial charge < -0.3 is 0 Å². The first-order chi connectivity index (χ1) is 14.5. The van der Waals surface area contributed by atoms with Crippen molar-refractivity contribution in [2.45, 2.75) is 19.8 Å². The van der Waals surface area contributed by atoms with E-state index >= 15 is 0 Å². The van der Waals surface area contributed by atoms with E-state index in [1.54, 1.807) is 19.3 Å². The molecule has 0 aliphatic heterocycles. The first kappa shape index (κ1) is 24.0. The van der Waals surface area contributed by atoms with Crippen LogP contribution in [0.5, 0.6) is 5.75 Å². The minimum atomic E-state index is -5.16. The number of alkyl halides is 4. The molecule has 1 heterocycles. The third kappa shape index (κ3) is 5.86. The van der Waals surface area contributed by atoms with Crippen LogP contribution in [0.15, 0.2) is 36.7 Å². The number of nitrogens with zero attached hydrogens (tertiary/aromatic N) is 2. The van der Waals surface area contributed by atoms with Crippen LogP contribution >= 0.6 is 0 Å². The van der Waals surface area contributed by atoms with E-state index in [1.165, 1.54) is 0 Å². The Balaban J connectivity index is 0.000000225. The lowest BCUT2D eigenvalue weighted by atomic mass is 10.1. The Bertz CT molecular complexity index is 1010. The molecule has 0 aliphatic rings. The van der Waals surface area contributed by atoms with Gasteiger partial charge in [0.25, 0.3) is 0 Å². The third-order valence-electron chi connectivity index (χ3n) is 3.70. The highest BCUT2D eigenvalue weighted by Crippen LogP contribution is 2.35. The van der Waals surface area contributed by atoms with Crippen LogP contribution in [0.25, 0.3) is 11.4 Å². The molecule has 0 atom stereocenters. The molecule has 0 fully saturated rings. The van der Waals surface area contributed by atoms with Gasteiger partial charge in [-0.15, -0.1) is 0 Å². The first-order valence-electron chi connectivity index (χ1n) is 8.15. The van der Waals surface area contributed by atoms with Gasteiger partial charge in [0.2, 0.25) is 0 Å². The van der Waals surface area contributed by atoms with Crippen molar-refractivity contribution < 1.29 is 44.6 Å². The number of hydrogen-bond donors (Lipinski definition) is 0. The summed E-state index contributed by atoms with van der Waals surface area (Å²) in [5.41, 5.74) is -1.61. The van der Waals surface area contributed by atoms with Crippen molar-refractivity contribution in [2.75, 3.05) is 0 Å². The SMILES string of the molecule is Cc1cnc(-c2cc(F)c(CF)c(F)c2)nc1.FOc1cc(F)c(C(F)(F)F)c(F)c1. The lowest BCUT2D eigenvalue weighted by Gasteiger charge is -2.09. The predicted molar refractivity (Wildman–Crippen MR) is 90.0 cm³/mol. The highest BCUT2D eigenvalue weighted by molar-refractivity contribution is 5.55.